The molecule has 1 fully saturated rings. The summed E-state index contributed by atoms with van der Waals surface area (Å²) in [4.78, 5) is 12.6. The number of benzene rings is 1. The molecule has 0 spiro atoms. The molecule has 0 heterocycles. The molecule has 0 aliphatic heterocycles. The molecular weight excluding hydrogens is 258 g/mol. The van der Waals surface area contributed by atoms with E-state index in [-0.39, 0.29) is 0 Å². The first-order chi connectivity index (χ1) is 8.99. The van der Waals surface area contributed by atoms with Crippen LogP contribution in [0, 0.1) is 6.92 Å². The van der Waals surface area contributed by atoms with E-state index < -0.39 is 11.5 Å². The Morgan fingerprint density at radius 1 is 1.53 bits per heavy atom. The van der Waals surface area contributed by atoms with Crippen molar-refractivity contribution in [2.75, 3.05) is 5.75 Å². The predicted molar refractivity (Wildman–Crippen MR) is 78.7 cm³/mol. The number of thioether (sulfide) groups is 1. The molecule has 1 aliphatic rings. The van der Waals surface area contributed by atoms with E-state index in [4.69, 9.17) is 0 Å². The van der Waals surface area contributed by atoms with E-state index in [9.17, 15) is 9.90 Å². The first-order valence-corrected chi connectivity index (χ1v) is 7.69. The molecule has 1 saturated carbocycles. The number of aliphatic carboxylic acids is 1. The molecular formula is C15H21NO2S. The van der Waals surface area contributed by atoms with Crippen molar-refractivity contribution >= 4 is 17.7 Å². The Labute approximate surface area is 118 Å². The van der Waals surface area contributed by atoms with Crippen LogP contribution < -0.4 is 5.32 Å². The number of nitrogens with one attached hydrogen (secondary N) is 1. The van der Waals surface area contributed by atoms with Crippen molar-refractivity contribution in [3.8, 4) is 0 Å². The lowest BCUT2D eigenvalue weighted by atomic mass is 9.99. The van der Waals surface area contributed by atoms with Gasteiger partial charge in [-0.1, -0.05) is 17.7 Å². The van der Waals surface area contributed by atoms with E-state index in [1.54, 1.807) is 18.7 Å². The van der Waals surface area contributed by atoms with Gasteiger partial charge in [0.25, 0.3) is 0 Å². The molecule has 2 N–H and O–H groups in total. The molecule has 0 bridgehead atoms. The van der Waals surface area contributed by atoms with Crippen molar-refractivity contribution in [1.29, 1.82) is 0 Å². The van der Waals surface area contributed by atoms with Gasteiger partial charge < -0.3 is 5.11 Å². The van der Waals surface area contributed by atoms with Crippen molar-refractivity contribution in [2.24, 2.45) is 0 Å². The van der Waals surface area contributed by atoms with E-state index >= 15 is 0 Å². The Hall–Kier alpha value is -1.00. The molecule has 0 radical (unpaired) electrons. The fraction of sp³-hybridized carbons (Fsp3) is 0.533. The van der Waals surface area contributed by atoms with Crippen LogP contribution in [0.4, 0.5) is 0 Å². The van der Waals surface area contributed by atoms with Crippen molar-refractivity contribution < 1.29 is 9.90 Å². The van der Waals surface area contributed by atoms with Gasteiger partial charge in [0.1, 0.15) is 5.54 Å². The SMILES string of the molecule is Cc1cccc(SCCC(C)(NC2CC2)C(=O)O)c1. The maximum Gasteiger partial charge on any atom is 0.323 e. The Balaban J connectivity index is 1.86. The van der Waals surface area contributed by atoms with Crippen LogP contribution in [0.1, 0.15) is 31.7 Å². The second-order valence-electron chi connectivity index (χ2n) is 5.47. The van der Waals surface area contributed by atoms with E-state index in [0.29, 0.717) is 12.5 Å². The standard InChI is InChI=1S/C15H21NO2S/c1-11-4-3-5-13(10-11)19-9-8-15(2,14(17)18)16-12-6-7-12/h3-5,10,12,16H,6-9H2,1-2H3,(H,17,18). The molecule has 0 aromatic heterocycles. The Morgan fingerprint density at radius 3 is 2.84 bits per heavy atom. The van der Waals surface area contributed by atoms with E-state index in [0.717, 1.165) is 18.6 Å². The van der Waals surface area contributed by atoms with Crippen LogP contribution in [-0.4, -0.2) is 28.4 Å². The molecule has 2 rings (SSSR count). The largest absolute Gasteiger partial charge is 0.480 e. The minimum atomic E-state index is -0.794. The van der Waals surface area contributed by atoms with Gasteiger partial charge in [0, 0.05) is 16.7 Å². The van der Waals surface area contributed by atoms with Crippen LogP contribution in [0.3, 0.4) is 0 Å². The van der Waals surface area contributed by atoms with Crippen LogP contribution in [0.2, 0.25) is 0 Å². The lowest BCUT2D eigenvalue weighted by Crippen LogP contribution is -2.50. The number of rotatable bonds is 7. The third-order valence-corrected chi connectivity index (χ3v) is 4.43. The van der Waals surface area contributed by atoms with Crippen LogP contribution in [-0.2, 0) is 4.79 Å². The molecule has 1 aromatic carbocycles. The summed E-state index contributed by atoms with van der Waals surface area (Å²) in [6.07, 6.45) is 2.85. The smallest absolute Gasteiger partial charge is 0.323 e. The Bertz CT molecular complexity index is 459. The van der Waals surface area contributed by atoms with Gasteiger partial charge in [0.15, 0.2) is 0 Å². The molecule has 1 unspecified atom stereocenters. The van der Waals surface area contributed by atoms with Crippen molar-refractivity contribution in [2.45, 2.75) is 49.6 Å². The minimum absolute atomic E-state index is 0.407. The molecule has 4 heteroatoms. The molecule has 0 amide bonds. The van der Waals surface area contributed by atoms with E-state index in [2.05, 4.69) is 30.4 Å². The molecule has 1 aromatic rings. The fourth-order valence-electron chi connectivity index (χ4n) is 2.00. The predicted octanol–water partition coefficient (Wildman–Crippen LogP) is 3.07. The molecule has 1 atom stereocenters. The highest BCUT2D eigenvalue weighted by molar-refractivity contribution is 7.99. The van der Waals surface area contributed by atoms with Crippen LogP contribution in [0.15, 0.2) is 29.2 Å². The number of carboxylic acids is 1. The molecule has 19 heavy (non-hydrogen) atoms. The van der Waals surface area contributed by atoms with Gasteiger partial charge in [-0.2, -0.15) is 0 Å². The fourth-order valence-corrected chi connectivity index (χ4v) is 3.19. The van der Waals surface area contributed by atoms with Gasteiger partial charge in [0.2, 0.25) is 0 Å². The number of carbonyl (C=O) groups is 1. The third-order valence-electron chi connectivity index (χ3n) is 3.43. The first-order valence-electron chi connectivity index (χ1n) is 6.70. The molecule has 3 nitrogen and oxygen atoms in total. The lowest BCUT2D eigenvalue weighted by molar-refractivity contribution is -0.144. The van der Waals surface area contributed by atoms with Gasteiger partial charge in [-0.05, 0) is 45.2 Å². The number of hydrogen-bond donors (Lipinski definition) is 2. The van der Waals surface area contributed by atoms with Crippen LogP contribution in [0.25, 0.3) is 0 Å². The monoisotopic (exact) mass is 279 g/mol. The average molecular weight is 279 g/mol. The van der Waals surface area contributed by atoms with Crippen LogP contribution in [0.5, 0.6) is 0 Å². The number of carboxylic acid groups (broad SMARTS) is 1. The van der Waals surface area contributed by atoms with Crippen molar-refractivity contribution in [1.82, 2.24) is 5.32 Å². The minimum Gasteiger partial charge on any atom is -0.480 e. The van der Waals surface area contributed by atoms with Crippen LogP contribution >= 0.6 is 11.8 Å². The average Bonchev–Trinajstić information content (AvgIpc) is 3.12. The van der Waals surface area contributed by atoms with Gasteiger partial charge >= 0.3 is 5.97 Å². The summed E-state index contributed by atoms with van der Waals surface area (Å²) in [6.45, 7) is 3.87. The summed E-state index contributed by atoms with van der Waals surface area (Å²) in [6, 6.07) is 8.72. The third kappa shape index (κ3) is 4.25. The highest BCUT2D eigenvalue weighted by atomic mass is 32.2. The quantitative estimate of drug-likeness (QED) is 0.753. The highest BCUT2D eigenvalue weighted by Gasteiger charge is 2.37. The summed E-state index contributed by atoms with van der Waals surface area (Å²) in [7, 11) is 0. The summed E-state index contributed by atoms with van der Waals surface area (Å²) in [5.74, 6) is 0.0654. The lowest BCUT2D eigenvalue weighted by Gasteiger charge is -2.26. The van der Waals surface area contributed by atoms with Gasteiger partial charge in [0.05, 0.1) is 0 Å². The normalized spacial score (nSPS) is 18.0. The summed E-state index contributed by atoms with van der Waals surface area (Å²) >= 11 is 1.72. The van der Waals surface area contributed by atoms with Crippen molar-refractivity contribution in [3.63, 3.8) is 0 Å². The molecule has 104 valence electrons. The Morgan fingerprint density at radius 2 is 2.26 bits per heavy atom. The molecule has 0 saturated heterocycles. The summed E-state index contributed by atoms with van der Waals surface area (Å²) in [5, 5.41) is 12.6. The zero-order valence-electron chi connectivity index (χ0n) is 11.5. The van der Waals surface area contributed by atoms with E-state index in [1.807, 2.05) is 6.07 Å². The van der Waals surface area contributed by atoms with Crippen molar-refractivity contribution in [3.05, 3.63) is 29.8 Å². The maximum absolute atomic E-state index is 11.4. The first kappa shape index (κ1) is 14.4. The van der Waals surface area contributed by atoms with Gasteiger partial charge in [-0.25, -0.2) is 0 Å². The zero-order valence-corrected chi connectivity index (χ0v) is 12.3. The number of hydrogen-bond acceptors (Lipinski definition) is 3. The maximum atomic E-state index is 11.4. The summed E-state index contributed by atoms with van der Waals surface area (Å²) in [5.41, 5.74) is 0.444. The van der Waals surface area contributed by atoms with Gasteiger partial charge in [-0.15, -0.1) is 11.8 Å². The number of aryl methyl sites for hydroxylation is 1. The second-order valence-corrected chi connectivity index (χ2v) is 6.64. The summed E-state index contributed by atoms with van der Waals surface area (Å²) < 4.78 is 0. The van der Waals surface area contributed by atoms with Gasteiger partial charge in [-0.3, -0.25) is 10.1 Å². The molecule has 1 aliphatic carbocycles. The van der Waals surface area contributed by atoms with E-state index in [1.165, 1.54) is 10.5 Å². The highest BCUT2D eigenvalue weighted by Crippen LogP contribution is 2.27. The second kappa shape index (κ2) is 5.97. The Kier molecular flexibility index (Phi) is 4.53. The topological polar surface area (TPSA) is 49.3 Å². The zero-order chi connectivity index (χ0) is 13.9.